The molecule has 0 aliphatic heterocycles. The van der Waals surface area contributed by atoms with Crippen LogP contribution in [-0.2, 0) is 4.74 Å². The highest BCUT2D eigenvalue weighted by molar-refractivity contribution is 7.18. The molecule has 1 heterocycles. The molecule has 96 valence electrons. The summed E-state index contributed by atoms with van der Waals surface area (Å²) < 4.78 is 4.88. The van der Waals surface area contributed by atoms with E-state index in [1.54, 1.807) is 6.92 Å². The number of nitrogens with one attached hydrogen (secondary N) is 1. The maximum atomic E-state index is 11.6. The van der Waals surface area contributed by atoms with Crippen LogP contribution in [0.5, 0.6) is 0 Å². The van der Waals surface area contributed by atoms with E-state index in [0.29, 0.717) is 11.5 Å². The lowest BCUT2D eigenvalue weighted by Gasteiger charge is -2.02. The number of anilines is 2. The molecule has 0 atom stereocenters. The van der Waals surface area contributed by atoms with Gasteiger partial charge in [0.05, 0.1) is 12.3 Å². The van der Waals surface area contributed by atoms with Crippen LogP contribution in [0.1, 0.15) is 29.1 Å². The second kappa shape index (κ2) is 6.07. The monoisotopic (exact) mass is 265 g/mol. The van der Waals surface area contributed by atoms with Gasteiger partial charge >= 0.3 is 5.97 Å². The lowest BCUT2D eigenvalue weighted by Crippen LogP contribution is -2.05. The first-order valence-corrected chi connectivity index (χ1v) is 6.20. The summed E-state index contributed by atoms with van der Waals surface area (Å²) in [5.74, 6) is -0.500. The van der Waals surface area contributed by atoms with E-state index >= 15 is 0 Å². The van der Waals surface area contributed by atoms with Crippen molar-refractivity contribution in [3.8, 4) is 6.07 Å². The Morgan fingerprint density at radius 1 is 1.67 bits per heavy atom. The number of nitrogen functional groups attached to an aromatic ring is 1. The Hall–Kier alpha value is -2.00. The lowest BCUT2D eigenvalue weighted by atomic mass is 10.2. The van der Waals surface area contributed by atoms with Crippen LogP contribution >= 0.6 is 11.3 Å². The Kier molecular flexibility index (Phi) is 4.75. The normalized spacial score (nSPS) is 9.61. The predicted octanol–water partition coefficient (Wildman–Crippen LogP) is 2.37. The molecule has 0 spiro atoms. The minimum Gasteiger partial charge on any atom is -0.462 e. The fraction of sp³-hybridized carbons (Fsp3) is 0.333. The highest BCUT2D eigenvalue weighted by Crippen LogP contribution is 2.35. The van der Waals surface area contributed by atoms with Crippen LogP contribution in [0, 0.1) is 11.3 Å². The van der Waals surface area contributed by atoms with Gasteiger partial charge in [0.25, 0.3) is 0 Å². The molecule has 0 aliphatic carbocycles. The number of thiophene rings is 1. The average Bonchev–Trinajstić information content (AvgIpc) is 2.63. The Labute approximate surface area is 110 Å². The van der Waals surface area contributed by atoms with Gasteiger partial charge in [-0.25, -0.2) is 4.79 Å². The van der Waals surface area contributed by atoms with Gasteiger partial charge in [-0.1, -0.05) is 12.2 Å². The molecule has 18 heavy (non-hydrogen) atoms. The van der Waals surface area contributed by atoms with Gasteiger partial charge in [0, 0.05) is 6.54 Å². The minimum atomic E-state index is -0.500. The smallest absolute Gasteiger partial charge is 0.350 e. The summed E-state index contributed by atoms with van der Waals surface area (Å²) in [5.41, 5.74) is 7.15. The molecular formula is C12H15N3O2S. The van der Waals surface area contributed by atoms with E-state index in [9.17, 15) is 4.79 Å². The van der Waals surface area contributed by atoms with Crippen molar-refractivity contribution in [2.45, 2.75) is 13.8 Å². The summed E-state index contributed by atoms with van der Waals surface area (Å²) in [6.07, 6.45) is 0. The molecule has 1 aromatic rings. The highest BCUT2D eigenvalue weighted by atomic mass is 32.1. The Balaban J connectivity index is 3.06. The number of carbonyl (C=O) groups excluding carboxylic acids is 1. The van der Waals surface area contributed by atoms with E-state index in [0.717, 1.165) is 16.9 Å². The first-order valence-electron chi connectivity index (χ1n) is 5.39. The standard InChI is InChI=1S/C12H15N3O2S/c1-4-17-12(16)10-9(14)8(5-13)11(18-10)15-6-7(2)3/h15H,2,4,6,14H2,1,3H3. The van der Waals surface area contributed by atoms with Crippen LogP contribution < -0.4 is 11.1 Å². The molecule has 0 aliphatic rings. The van der Waals surface area contributed by atoms with Crippen molar-refractivity contribution in [3.63, 3.8) is 0 Å². The summed E-state index contributed by atoms with van der Waals surface area (Å²) in [5, 5.41) is 12.7. The molecule has 3 N–H and O–H groups in total. The zero-order valence-electron chi connectivity index (χ0n) is 10.4. The van der Waals surface area contributed by atoms with Crippen LogP contribution in [0.3, 0.4) is 0 Å². The van der Waals surface area contributed by atoms with Gasteiger partial charge in [0.15, 0.2) is 0 Å². The fourth-order valence-corrected chi connectivity index (χ4v) is 2.22. The van der Waals surface area contributed by atoms with Crippen molar-refractivity contribution in [1.29, 1.82) is 5.26 Å². The van der Waals surface area contributed by atoms with Crippen molar-refractivity contribution in [2.75, 3.05) is 24.2 Å². The first kappa shape index (κ1) is 14.1. The number of hydrogen-bond acceptors (Lipinski definition) is 6. The van der Waals surface area contributed by atoms with Crippen LogP contribution in [-0.4, -0.2) is 19.1 Å². The molecule has 1 aromatic heterocycles. The summed E-state index contributed by atoms with van der Waals surface area (Å²) in [6, 6.07) is 1.99. The zero-order chi connectivity index (χ0) is 13.7. The third-order valence-corrected chi connectivity index (χ3v) is 3.21. The number of nitriles is 1. The molecular weight excluding hydrogens is 250 g/mol. The second-order valence-corrected chi connectivity index (χ2v) is 4.71. The topological polar surface area (TPSA) is 88.1 Å². The molecule has 0 aromatic carbocycles. The molecule has 0 saturated heterocycles. The van der Waals surface area contributed by atoms with Gasteiger partial charge < -0.3 is 15.8 Å². The molecule has 5 nitrogen and oxygen atoms in total. The van der Waals surface area contributed by atoms with Crippen LogP contribution in [0.4, 0.5) is 10.7 Å². The number of esters is 1. The van der Waals surface area contributed by atoms with Crippen molar-refractivity contribution >= 4 is 28.0 Å². The molecule has 0 radical (unpaired) electrons. The Morgan fingerprint density at radius 3 is 2.83 bits per heavy atom. The van der Waals surface area contributed by atoms with Crippen molar-refractivity contribution in [1.82, 2.24) is 0 Å². The predicted molar refractivity (Wildman–Crippen MR) is 72.7 cm³/mol. The molecule has 0 fully saturated rings. The summed E-state index contributed by atoms with van der Waals surface area (Å²) in [6.45, 7) is 8.13. The minimum absolute atomic E-state index is 0.171. The number of nitrogens with zero attached hydrogens (tertiary/aromatic N) is 1. The van der Waals surface area contributed by atoms with Gasteiger partial charge in [-0.3, -0.25) is 0 Å². The van der Waals surface area contributed by atoms with E-state index < -0.39 is 5.97 Å². The van der Waals surface area contributed by atoms with Crippen LogP contribution in [0.15, 0.2) is 12.2 Å². The van der Waals surface area contributed by atoms with Gasteiger partial charge in [-0.2, -0.15) is 5.26 Å². The van der Waals surface area contributed by atoms with Gasteiger partial charge in [-0.15, -0.1) is 11.3 Å². The van der Waals surface area contributed by atoms with Crippen molar-refractivity contribution in [2.24, 2.45) is 0 Å². The maximum Gasteiger partial charge on any atom is 0.350 e. The highest BCUT2D eigenvalue weighted by Gasteiger charge is 2.21. The van der Waals surface area contributed by atoms with E-state index in [1.165, 1.54) is 0 Å². The fourth-order valence-electron chi connectivity index (χ4n) is 1.26. The molecule has 0 amide bonds. The molecule has 0 bridgehead atoms. The number of carbonyl (C=O) groups is 1. The van der Waals surface area contributed by atoms with E-state index in [2.05, 4.69) is 11.9 Å². The van der Waals surface area contributed by atoms with E-state index in [-0.39, 0.29) is 22.7 Å². The third-order valence-electron chi connectivity index (χ3n) is 2.07. The molecule has 6 heteroatoms. The summed E-state index contributed by atoms with van der Waals surface area (Å²) >= 11 is 1.13. The second-order valence-electron chi connectivity index (χ2n) is 3.69. The van der Waals surface area contributed by atoms with E-state index in [1.807, 2.05) is 13.0 Å². The summed E-state index contributed by atoms with van der Waals surface area (Å²) in [7, 11) is 0. The lowest BCUT2D eigenvalue weighted by molar-refractivity contribution is 0.0533. The average molecular weight is 265 g/mol. The van der Waals surface area contributed by atoms with Crippen LogP contribution in [0.25, 0.3) is 0 Å². The Morgan fingerprint density at radius 2 is 2.33 bits per heavy atom. The van der Waals surface area contributed by atoms with Gasteiger partial charge in [0.1, 0.15) is 21.5 Å². The Bertz CT molecular complexity index is 514. The van der Waals surface area contributed by atoms with Crippen molar-refractivity contribution < 1.29 is 9.53 Å². The number of rotatable bonds is 5. The molecule has 0 unspecified atom stereocenters. The van der Waals surface area contributed by atoms with Gasteiger partial charge in [0.2, 0.25) is 0 Å². The number of nitrogens with two attached hydrogens (primary N) is 1. The quantitative estimate of drug-likeness (QED) is 0.630. The molecule has 1 rings (SSSR count). The largest absolute Gasteiger partial charge is 0.462 e. The zero-order valence-corrected chi connectivity index (χ0v) is 11.2. The SMILES string of the molecule is C=C(C)CNc1sc(C(=O)OCC)c(N)c1C#N. The first-order chi connectivity index (χ1) is 8.51. The summed E-state index contributed by atoms with van der Waals surface area (Å²) in [4.78, 5) is 11.9. The van der Waals surface area contributed by atoms with Crippen LogP contribution in [0.2, 0.25) is 0 Å². The maximum absolute atomic E-state index is 11.6. The number of ether oxygens (including phenoxy) is 1. The number of hydrogen-bond donors (Lipinski definition) is 2. The van der Waals surface area contributed by atoms with Gasteiger partial charge in [-0.05, 0) is 13.8 Å². The molecule has 0 saturated carbocycles. The van der Waals surface area contributed by atoms with E-state index in [4.69, 9.17) is 15.7 Å². The van der Waals surface area contributed by atoms with Crippen molar-refractivity contribution in [3.05, 3.63) is 22.6 Å². The third kappa shape index (κ3) is 3.02.